The Balaban J connectivity index is 1.69. The number of benzene rings is 1. The fraction of sp³-hybridized carbons (Fsp3) is 0.238. The lowest BCUT2D eigenvalue weighted by molar-refractivity contribution is 0.180. The highest BCUT2D eigenvalue weighted by molar-refractivity contribution is 7.12. The number of methoxy groups -OCH3 is 1. The second-order valence-corrected chi connectivity index (χ2v) is 8.13. The van der Waals surface area contributed by atoms with Crippen molar-refractivity contribution in [1.82, 2.24) is 29.5 Å². The van der Waals surface area contributed by atoms with Crippen molar-refractivity contribution in [2.45, 2.75) is 26.9 Å². The predicted octanol–water partition coefficient (Wildman–Crippen LogP) is 2.98. The third kappa shape index (κ3) is 3.05. The van der Waals surface area contributed by atoms with Crippen molar-refractivity contribution >= 4 is 11.3 Å². The van der Waals surface area contributed by atoms with E-state index in [1.54, 1.807) is 24.6 Å². The number of hydrogen-bond acceptors (Lipinski definition) is 6. The van der Waals surface area contributed by atoms with Gasteiger partial charge in [-0.05, 0) is 43.4 Å². The van der Waals surface area contributed by atoms with Gasteiger partial charge in [0.15, 0.2) is 0 Å². The van der Waals surface area contributed by atoms with Gasteiger partial charge in [-0.3, -0.25) is 4.57 Å². The van der Waals surface area contributed by atoms with Crippen molar-refractivity contribution in [3.05, 3.63) is 68.9 Å². The number of aryl methyl sites for hydroxylation is 2. The molecule has 1 aromatic carbocycles. The first-order chi connectivity index (χ1) is 14.1. The zero-order valence-corrected chi connectivity index (χ0v) is 17.1. The molecule has 1 aliphatic rings. The average molecular weight is 402 g/mol. The van der Waals surface area contributed by atoms with Crippen LogP contribution in [0.5, 0.6) is 0 Å². The molecule has 29 heavy (non-hydrogen) atoms. The third-order valence-electron chi connectivity index (χ3n) is 4.87. The Hall–Kier alpha value is -3.28. The Labute approximate surface area is 172 Å². The van der Waals surface area contributed by atoms with Crippen LogP contribution in [0, 0.1) is 25.7 Å². The van der Waals surface area contributed by atoms with E-state index in [2.05, 4.69) is 61.8 Å². The lowest BCUT2D eigenvalue weighted by atomic mass is 10.1. The van der Waals surface area contributed by atoms with Crippen LogP contribution >= 0.6 is 11.3 Å². The van der Waals surface area contributed by atoms with E-state index in [0.29, 0.717) is 13.0 Å². The molecule has 0 aliphatic carbocycles. The van der Waals surface area contributed by atoms with Gasteiger partial charge in [-0.2, -0.15) is 0 Å². The van der Waals surface area contributed by atoms with Crippen LogP contribution < -0.4 is 0 Å². The number of fused-ring (bicyclic) bond motifs is 5. The van der Waals surface area contributed by atoms with Gasteiger partial charge in [0.05, 0.1) is 45.5 Å². The maximum Gasteiger partial charge on any atom is 0.135 e. The highest BCUT2D eigenvalue weighted by atomic mass is 32.1. The summed E-state index contributed by atoms with van der Waals surface area (Å²) in [5.41, 5.74) is 6.72. The summed E-state index contributed by atoms with van der Waals surface area (Å²) >= 11 is 1.58. The van der Waals surface area contributed by atoms with Crippen molar-refractivity contribution in [2.75, 3.05) is 7.11 Å². The Bertz CT molecular complexity index is 1290. The predicted molar refractivity (Wildman–Crippen MR) is 110 cm³/mol. The molecule has 144 valence electrons. The van der Waals surface area contributed by atoms with Crippen LogP contribution in [-0.2, 0) is 17.8 Å². The van der Waals surface area contributed by atoms with Crippen molar-refractivity contribution < 1.29 is 4.74 Å². The molecule has 4 aromatic rings. The summed E-state index contributed by atoms with van der Waals surface area (Å²) in [6.07, 6.45) is 4.25. The molecular formula is C21H18N6OS. The molecule has 0 radical (unpaired) electrons. The number of aromatic nitrogens is 6. The van der Waals surface area contributed by atoms with E-state index < -0.39 is 0 Å². The van der Waals surface area contributed by atoms with Crippen LogP contribution in [0.15, 0.2) is 30.7 Å². The summed E-state index contributed by atoms with van der Waals surface area (Å²) in [6, 6.07) is 6.29. The van der Waals surface area contributed by atoms with Gasteiger partial charge in [0.1, 0.15) is 17.7 Å². The fourth-order valence-electron chi connectivity index (χ4n) is 3.51. The van der Waals surface area contributed by atoms with Crippen molar-refractivity contribution in [3.8, 4) is 23.2 Å². The van der Waals surface area contributed by atoms with E-state index in [4.69, 9.17) is 4.74 Å². The Morgan fingerprint density at radius 3 is 2.83 bits per heavy atom. The summed E-state index contributed by atoms with van der Waals surface area (Å²) in [5.74, 6) is 6.43. The normalized spacial score (nSPS) is 11.8. The highest BCUT2D eigenvalue weighted by Crippen LogP contribution is 2.30. The molecule has 0 spiro atoms. The number of thiazole rings is 1. The molecule has 1 aliphatic heterocycles. The van der Waals surface area contributed by atoms with Crippen LogP contribution in [0.25, 0.3) is 11.4 Å². The number of imidazole rings is 1. The molecule has 3 aromatic heterocycles. The van der Waals surface area contributed by atoms with E-state index in [1.807, 2.05) is 17.9 Å². The molecule has 4 heterocycles. The average Bonchev–Trinajstić information content (AvgIpc) is 3.39. The van der Waals surface area contributed by atoms with Crippen LogP contribution in [-0.4, -0.2) is 36.6 Å². The fourth-order valence-corrected chi connectivity index (χ4v) is 4.14. The first-order valence-electron chi connectivity index (χ1n) is 9.18. The molecule has 0 saturated heterocycles. The first-order valence-corrected chi connectivity index (χ1v) is 10.00. The maximum absolute atomic E-state index is 5.34. The van der Waals surface area contributed by atoms with E-state index in [1.165, 1.54) is 0 Å². The third-order valence-corrected chi connectivity index (χ3v) is 5.70. The monoisotopic (exact) mass is 402 g/mol. The summed E-state index contributed by atoms with van der Waals surface area (Å²) in [5, 5.41) is 9.77. The van der Waals surface area contributed by atoms with Crippen LogP contribution in [0.3, 0.4) is 0 Å². The zero-order valence-electron chi connectivity index (χ0n) is 16.3. The highest BCUT2D eigenvalue weighted by Gasteiger charge is 2.25. The van der Waals surface area contributed by atoms with Gasteiger partial charge in [0.2, 0.25) is 0 Å². The zero-order chi connectivity index (χ0) is 20.0. The van der Waals surface area contributed by atoms with E-state index in [-0.39, 0.29) is 0 Å². The van der Waals surface area contributed by atoms with Gasteiger partial charge >= 0.3 is 0 Å². The Morgan fingerprint density at radius 2 is 2.03 bits per heavy atom. The molecule has 0 unspecified atom stereocenters. The van der Waals surface area contributed by atoms with Gasteiger partial charge in [0, 0.05) is 13.5 Å². The van der Waals surface area contributed by atoms with Crippen molar-refractivity contribution in [2.24, 2.45) is 0 Å². The minimum absolute atomic E-state index is 0.409. The molecule has 5 rings (SSSR count). The summed E-state index contributed by atoms with van der Waals surface area (Å²) in [4.78, 5) is 9.81. The minimum atomic E-state index is 0.409. The largest absolute Gasteiger partial charge is 0.378 e. The molecule has 7 nitrogen and oxygen atoms in total. The SMILES string of the molecule is COCc1nnn2c1Cc1c(C#Cc3cnc(C)s3)ncn1-c1ccc(C)cc1-2. The molecule has 0 fully saturated rings. The molecule has 0 atom stereocenters. The summed E-state index contributed by atoms with van der Waals surface area (Å²) < 4.78 is 9.35. The quantitative estimate of drug-likeness (QED) is 0.425. The number of nitrogens with zero attached hydrogens (tertiary/aromatic N) is 6. The molecule has 8 heteroatoms. The molecule has 0 saturated carbocycles. The summed E-state index contributed by atoms with van der Waals surface area (Å²) in [6.45, 7) is 4.45. The molecule has 0 amide bonds. The van der Waals surface area contributed by atoms with E-state index >= 15 is 0 Å². The molecule has 0 bridgehead atoms. The minimum Gasteiger partial charge on any atom is -0.378 e. The van der Waals surface area contributed by atoms with Crippen LogP contribution in [0.1, 0.15) is 38.2 Å². The second kappa shape index (κ2) is 6.95. The smallest absolute Gasteiger partial charge is 0.135 e. The van der Waals surface area contributed by atoms with Gasteiger partial charge < -0.3 is 4.74 Å². The van der Waals surface area contributed by atoms with Crippen molar-refractivity contribution in [1.29, 1.82) is 0 Å². The van der Waals surface area contributed by atoms with Crippen LogP contribution in [0.2, 0.25) is 0 Å². The van der Waals surface area contributed by atoms with Gasteiger partial charge in [-0.1, -0.05) is 11.3 Å². The lowest BCUT2D eigenvalue weighted by Gasteiger charge is -2.10. The number of rotatable bonds is 2. The lowest BCUT2D eigenvalue weighted by Crippen LogP contribution is -2.04. The number of hydrogen-bond donors (Lipinski definition) is 0. The standard InChI is InChI=1S/C21H18N6OS/c1-13-4-7-18-21(8-13)27-20(17(11-28-3)24-25-27)9-19-16(23-12-26(18)19)6-5-15-10-22-14(2)29-15/h4,7-8,10,12H,9,11H2,1-3H3. The van der Waals surface area contributed by atoms with Gasteiger partial charge in [-0.25, -0.2) is 14.6 Å². The molecule has 0 N–H and O–H groups in total. The van der Waals surface area contributed by atoms with E-state index in [9.17, 15) is 0 Å². The van der Waals surface area contributed by atoms with Crippen molar-refractivity contribution in [3.63, 3.8) is 0 Å². The van der Waals surface area contributed by atoms with Crippen LogP contribution in [0.4, 0.5) is 0 Å². The second-order valence-electron chi connectivity index (χ2n) is 6.90. The van der Waals surface area contributed by atoms with E-state index in [0.717, 1.165) is 49.6 Å². The summed E-state index contributed by atoms with van der Waals surface area (Å²) in [7, 11) is 1.67. The van der Waals surface area contributed by atoms with Gasteiger partial charge in [-0.15, -0.1) is 16.4 Å². The van der Waals surface area contributed by atoms with Gasteiger partial charge in [0.25, 0.3) is 0 Å². The Kier molecular flexibility index (Phi) is 4.27. The maximum atomic E-state index is 5.34. The number of ether oxygens (including phenoxy) is 1. The topological polar surface area (TPSA) is 70.7 Å². The Morgan fingerprint density at radius 1 is 1.14 bits per heavy atom. The first kappa shape index (κ1) is 17.8. The molecular weight excluding hydrogens is 384 g/mol.